The molecule has 0 saturated carbocycles. The Hall–Kier alpha value is -1.18. The Bertz CT molecular complexity index is 283. The van der Waals surface area contributed by atoms with Crippen LogP contribution in [0.25, 0.3) is 0 Å². The lowest BCUT2D eigenvalue weighted by Crippen LogP contribution is -2.45. The number of esters is 1. The van der Waals surface area contributed by atoms with Crippen LogP contribution >= 0.6 is 0 Å². The molecule has 0 aromatic heterocycles. The van der Waals surface area contributed by atoms with Gasteiger partial charge in [-0.25, -0.2) is 0 Å². The molecule has 0 unspecified atom stereocenters. The zero-order valence-electron chi connectivity index (χ0n) is 8.92. The maximum atomic E-state index is 11.5. The zero-order valence-corrected chi connectivity index (χ0v) is 8.92. The fourth-order valence-corrected chi connectivity index (χ4v) is 1.44. The number of carboxylic acid groups (broad SMARTS) is 1. The molecule has 5 N–H and O–H groups in total. The Morgan fingerprint density at radius 1 is 1.56 bits per heavy atom. The third-order valence-electron chi connectivity index (χ3n) is 2.49. The van der Waals surface area contributed by atoms with E-state index in [0.717, 1.165) is 0 Å². The first-order chi connectivity index (χ1) is 7.41. The van der Waals surface area contributed by atoms with Crippen molar-refractivity contribution in [3.05, 3.63) is 0 Å². The van der Waals surface area contributed by atoms with E-state index in [4.69, 9.17) is 15.6 Å². The first-order valence-electron chi connectivity index (χ1n) is 5.02. The van der Waals surface area contributed by atoms with Crippen LogP contribution in [0.2, 0.25) is 0 Å². The van der Waals surface area contributed by atoms with Gasteiger partial charge in [0.05, 0.1) is 6.10 Å². The molecule has 1 aliphatic heterocycles. The fraction of sp³-hybridized carbons (Fsp3) is 0.778. The van der Waals surface area contributed by atoms with Gasteiger partial charge in [-0.05, 0) is 6.92 Å². The van der Waals surface area contributed by atoms with E-state index >= 15 is 0 Å². The zero-order chi connectivity index (χ0) is 12.3. The highest BCUT2D eigenvalue weighted by Gasteiger charge is 2.32. The molecule has 0 bridgehead atoms. The van der Waals surface area contributed by atoms with Gasteiger partial charge in [0, 0.05) is 13.0 Å². The predicted octanol–water partition coefficient (Wildman–Crippen LogP) is -1.95. The third kappa shape index (κ3) is 3.16. The molecule has 4 atom stereocenters. The second-order valence-corrected chi connectivity index (χ2v) is 3.86. The maximum absolute atomic E-state index is 11.5. The van der Waals surface area contributed by atoms with Gasteiger partial charge in [-0.15, -0.1) is 0 Å². The van der Waals surface area contributed by atoms with E-state index in [1.165, 1.54) is 6.92 Å². The summed E-state index contributed by atoms with van der Waals surface area (Å²) < 4.78 is 4.89. The molecule has 7 nitrogen and oxygen atoms in total. The average Bonchev–Trinajstić information content (AvgIpc) is 2.63. The van der Waals surface area contributed by atoms with Crippen molar-refractivity contribution < 1.29 is 24.5 Å². The Kier molecular flexibility index (Phi) is 4.22. The van der Waals surface area contributed by atoms with Crippen molar-refractivity contribution in [2.24, 2.45) is 5.73 Å². The maximum Gasteiger partial charge on any atom is 0.324 e. The number of β-amino-alcohol motifs (C(OH)–C–C–N with tert-alkyl or cyclic N) is 1. The van der Waals surface area contributed by atoms with E-state index in [1.807, 2.05) is 0 Å². The Morgan fingerprint density at radius 3 is 2.62 bits per heavy atom. The largest absolute Gasteiger partial charge is 0.480 e. The summed E-state index contributed by atoms with van der Waals surface area (Å²) in [5.41, 5.74) is 5.29. The highest BCUT2D eigenvalue weighted by atomic mass is 16.5. The number of hydrogen-bond donors (Lipinski definition) is 4. The number of aliphatic hydroxyl groups excluding tert-OH is 1. The standard InChI is InChI=1S/C9H16N2O5/c1-4(7(10)8(13)14)16-9(15)6-2-5(12)3-11-6/h4-7,11-12H,2-3,10H2,1H3,(H,13,14)/t4-,5-,6+,7+/m1/s1. The number of hydrogen-bond acceptors (Lipinski definition) is 6. The number of aliphatic hydroxyl groups is 1. The van der Waals surface area contributed by atoms with Gasteiger partial charge < -0.3 is 26.0 Å². The van der Waals surface area contributed by atoms with Crippen LogP contribution < -0.4 is 11.1 Å². The van der Waals surface area contributed by atoms with Gasteiger partial charge in [-0.1, -0.05) is 0 Å². The number of aliphatic carboxylic acids is 1. The molecular formula is C9H16N2O5. The Balaban J connectivity index is 2.42. The molecule has 1 rings (SSSR count). The summed E-state index contributed by atoms with van der Waals surface area (Å²) in [6.45, 7) is 1.75. The lowest BCUT2D eigenvalue weighted by molar-refractivity contribution is -0.155. The molecule has 92 valence electrons. The molecule has 1 fully saturated rings. The molecule has 1 heterocycles. The van der Waals surface area contributed by atoms with Crippen LogP contribution in [0.1, 0.15) is 13.3 Å². The number of carbonyl (C=O) groups excluding carboxylic acids is 1. The van der Waals surface area contributed by atoms with Crippen molar-refractivity contribution in [3.63, 3.8) is 0 Å². The van der Waals surface area contributed by atoms with Gasteiger partial charge in [0.25, 0.3) is 0 Å². The van der Waals surface area contributed by atoms with Crippen LogP contribution in [-0.4, -0.2) is 53.0 Å². The van der Waals surface area contributed by atoms with Crippen LogP contribution in [0.4, 0.5) is 0 Å². The Morgan fingerprint density at radius 2 is 2.19 bits per heavy atom. The summed E-state index contributed by atoms with van der Waals surface area (Å²) in [6.07, 6.45) is -1.20. The SMILES string of the molecule is C[C@@H](OC(=O)[C@@H]1C[C@@H](O)CN1)[C@H](N)C(=O)O. The van der Waals surface area contributed by atoms with Crippen molar-refractivity contribution in [3.8, 4) is 0 Å². The van der Waals surface area contributed by atoms with Gasteiger partial charge in [0.1, 0.15) is 18.2 Å². The van der Waals surface area contributed by atoms with Crippen LogP contribution in [0, 0.1) is 0 Å². The topological polar surface area (TPSA) is 122 Å². The number of nitrogens with one attached hydrogen (secondary N) is 1. The van der Waals surface area contributed by atoms with Gasteiger partial charge in [0.2, 0.25) is 0 Å². The summed E-state index contributed by atoms with van der Waals surface area (Å²) >= 11 is 0. The molecule has 0 spiro atoms. The molecule has 0 aliphatic carbocycles. The Labute approximate surface area is 92.6 Å². The van der Waals surface area contributed by atoms with Crippen LogP contribution in [-0.2, 0) is 14.3 Å². The minimum atomic E-state index is -1.24. The van der Waals surface area contributed by atoms with E-state index < -0.39 is 36.2 Å². The average molecular weight is 232 g/mol. The van der Waals surface area contributed by atoms with Crippen molar-refractivity contribution >= 4 is 11.9 Å². The smallest absolute Gasteiger partial charge is 0.324 e. The second-order valence-electron chi connectivity index (χ2n) is 3.86. The van der Waals surface area contributed by atoms with E-state index in [1.54, 1.807) is 0 Å². The second kappa shape index (κ2) is 5.24. The third-order valence-corrected chi connectivity index (χ3v) is 2.49. The van der Waals surface area contributed by atoms with Crippen molar-refractivity contribution in [2.45, 2.75) is 37.6 Å². The van der Waals surface area contributed by atoms with Crippen LogP contribution in [0.5, 0.6) is 0 Å². The lowest BCUT2D eigenvalue weighted by atomic mass is 10.2. The fourth-order valence-electron chi connectivity index (χ4n) is 1.44. The molecule has 16 heavy (non-hydrogen) atoms. The first-order valence-corrected chi connectivity index (χ1v) is 5.02. The summed E-state index contributed by atoms with van der Waals surface area (Å²) in [7, 11) is 0. The number of carboxylic acids is 1. The summed E-state index contributed by atoms with van der Waals surface area (Å²) in [4.78, 5) is 22.0. The lowest BCUT2D eigenvalue weighted by Gasteiger charge is -2.19. The highest BCUT2D eigenvalue weighted by molar-refractivity contribution is 5.78. The molecule has 0 aromatic rings. The molecule has 1 aliphatic rings. The van der Waals surface area contributed by atoms with E-state index in [9.17, 15) is 14.7 Å². The van der Waals surface area contributed by atoms with Gasteiger partial charge >= 0.3 is 11.9 Å². The summed E-state index contributed by atoms with van der Waals surface area (Å²) in [6, 6.07) is -1.83. The number of carbonyl (C=O) groups is 2. The van der Waals surface area contributed by atoms with Gasteiger partial charge in [-0.2, -0.15) is 0 Å². The molecule has 0 aromatic carbocycles. The van der Waals surface area contributed by atoms with Crippen molar-refractivity contribution in [2.75, 3.05) is 6.54 Å². The van der Waals surface area contributed by atoms with Crippen molar-refractivity contribution in [1.82, 2.24) is 5.32 Å². The molecule has 7 heteroatoms. The highest BCUT2D eigenvalue weighted by Crippen LogP contribution is 2.09. The predicted molar refractivity (Wildman–Crippen MR) is 53.6 cm³/mol. The number of rotatable bonds is 4. The van der Waals surface area contributed by atoms with Gasteiger partial charge in [-0.3, -0.25) is 9.59 Å². The molecular weight excluding hydrogens is 216 g/mol. The van der Waals surface area contributed by atoms with E-state index in [-0.39, 0.29) is 6.42 Å². The summed E-state index contributed by atoms with van der Waals surface area (Å²) in [5.74, 6) is -1.81. The van der Waals surface area contributed by atoms with E-state index in [2.05, 4.69) is 5.32 Å². The first kappa shape index (κ1) is 12.9. The molecule has 0 amide bonds. The normalized spacial score (nSPS) is 28.4. The summed E-state index contributed by atoms with van der Waals surface area (Å²) in [5, 5.41) is 20.6. The minimum absolute atomic E-state index is 0.272. The van der Waals surface area contributed by atoms with Crippen LogP contribution in [0.15, 0.2) is 0 Å². The van der Waals surface area contributed by atoms with Crippen molar-refractivity contribution in [1.29, 1.82) is 0 Å². The molecule has 0 radical (unpaired) electrons. The quantitative estimate of drug-likeness (QED) is 0.416. The number of nitrogens with two attached hydrogens (primary N) is 1. The number of ether oxygens (including phenoxy) is 1. The van der Waals surface area contributed by atoms with Gasteiger partial charge in [0.15, 0.2) is 0 Å². The molecule has 1 saturated heterocycles. The monoisotopic (exact) mass is 232 g/mol. The van der Waals surface area contributed by atoms with Crippen LogP contribution in [0.3, 0.4) is 0 Å². The van der Waals surface area contributed by atoms with E-state index in [0.29, 0.717) is 6.54 Å². The minimum Gasteiger partial charge on any atom is -0.480 e.